The van der Waals surface area contributed by atoms with Gasteiger partial charge in [-0.3, -0.25) is 9.80 Å². The van der Waals surface area contributed by atoms with Crippen LogP contribution >= 0.6 is 11.6 Å². The molecule has 0 radical (unpaired) electrons. The molecule has 0 spiro atoms. The number of anilines is 1. The summed E-state index contributed by atoms with van der Waals surface area (Å²) >= 11 is 5.95. The van der Waals surface area contributed by atoms with Gasteiger partial charge in [-0.05, 0) is 24.6 Å². The second-order valence-corrected chi connectivity index (χ2v) is 3.86. The van der Waals surface area contributed by atoms with E-state index in [2.05, 4.69) is 5.43 Å². The van der Waals surface area contributed by atoms with Gasteiger partial charge in [-0.1, -0.05) is 11.6 Å². The molecule has 0 atom stereocenters. The van der Waals surface area contributed by atoms with Crippen molar-refractivity contribution in [1.82, 2.24) is 10.4 Å². The number of benzene rings is 1. The second-order valence-electron chi connectivity index (χ2n) is 3.46. The third-order valence-corrected chi connectivity index (χ3v) is 2.64. The van der Waals surface area contributed by atoms with Gasteiger partial charge in [-0.15, -0.1) is 0 Å². The number of nitrogen functional groups attached to an aromatic ring is 1. The zero-order valence-electron chi connectivity index (χ0n) is 8.16. The fourth-order valence-corrected chi connectivity index (χ4v) is 1.82. The molecule has 0 bridgehead atoms. The van der Waals surface area contributed by atoms with Gasteiger partial charge >= 0.3 is 0 Å². The summed E-state index contributed by atoms with van der Waals surface area (Å²) in [6.45, 7) is 1.55. The largest absolute Gasteiger partial charge is 0.399 e. The first kappa shape index (κ1) is 10.3. The Balaban J connectivity index is 2.24. The van der Waals surface area contributed by atoms with E-state index in [-0.39, 0.29) is 5.91 Å². The zero-order valence-corrected chi connectivity index (χ0v) is 8.92. The average molecular weight is 226 g/mol. The topological polar surface area (TPSA) is 58.4 Å². The molecule has 1 saturated heterocycles. The van der Waals surface area contributed by atoms with Crippen LogP contribution in [0.15, 0.2) is 18.2 Å². The van der Waals surface area contributed by atoms with E-state index in [1.54, 1.807) is 23.2 Å². The lowest BCUT2D eigenvalue weighted by Gasteiger charge is -2.16. The number of hydrogen-bond donors (Lipinski definition) is 2. The summed E-state index contributed by atoms with van der Waals surface area (Å²) < 4.78 is 0. The maximum atomic E-state index is 11.9. The molecule has 1 amide bonds. The van der Waals surface area contributed by atoms with Gasteiger partial charge in [-0.2, -0.15) is 0 Å². The van der Waals surface area contributed by atoms with Crippen LogP contribution in [0.1, 0.15) is 16.8 Å². The number of hydrogen-bond acceptors (Lipinski definition) is 3. The van der Waals surface area contributed by atoms with Gasteiger partial charge in [0.15, 0.2) is 0 Å². The smallest absolute Gasteiger partial charge is 0.269 e. The predicted molar refractivity (Wildman–Crippen MR) is 59.5 cm³/mol. The number of carbonyl (C=O) groups is 1. The Bertz CT molecular complexity index is 388. The number of nitrogens with two attached hydrogens (primary N) is 1. The molecule has 0 aliphatic carbocycles. The normalized spacial score (nSPS) is 15.7. The van der Waals surface area contributed by atoms with Gasteiger partial charge in [-0.25, -0.2) is 5.43 Å². The highest BCUT2D eigenvalue weighted by Crippen LogP contribution is 2.20. The van der Waals surface area contributed by atoms with Gasteiger partial charge in [0, 0.05) is 18.8 Å². The van der Waals surface area contributed by atoms with Crippen molar-refractivity contribution in [3.8, 4) is 0 Å². The van der Waals surface area contributed by atoms with Gasteiger partial charge < -0.3 is 5.73 Å². The van der Waals surface area contributed by atoms with Crippen molar-refractivity contribution in [1.29, 1.82) is 0 Å². The van der Waals surface area contributed by atoms with E-state index >= 15 is 0 Å². The lowest BCUT2D eigenvalue weighted by Crippen LogP contribution is -2.36. The van der Waals surface area contributed by atoms with Crippen LogP contribution in [0.2, 0.25) is 5.02 Å². The molecule has 1 aliphatic heterocycles. The number of halogens is 1. The first-order valence-electron chi connectivity index (χ1n) is 4.79. The van der Waals surface area contributed by atoms with E-state index in [0.29, 0.717) is 16.3 Å². The molecule has 4 nitrogen and oxygen atoms in total. The minimum Gasteiger partial charge on any atom is -0.399 e. The number of nitrogens with one attached hydrogen (secondary N) is 1. The molecule has 0 saturated carbocycles. The number of carbonyl (C=O) groups excluding carboxylic acids is 1. The number of rotatable bonds is 1. The molecule has 1 aromatic carbocycles. The van der Waals surface area contributed by atoms with E-state index in [1.165, 1.54) is 0 Å². The lowest BCUT2D eigenvalue weighted by molar-refractivity contribution is 0.0726. The lowest BCUT2D eigenvalue weighted by atomic mass is 10.2. The molecule has 5 heteroatoms. The number of hydrazine groups is 1. The van der Waals surface area contributed by atoms with E-state index in [0.717, 1.165) is 19.5 Å². The van der Waals surface area contributed by atoms with Crippen LogP contribution in [0.3, 0.4) is 0 Å². The Hall–Kier alpha value is -1.26. The van der Waals surface area contributed by atoms with Crippen LogP contribution in [-0.4, -0.2) is 24.0 Å². The zero-order chi connectivity index (χ0) is 10.8. The van der Waals surface area contributed by atoms with E-state index < -0.39 is 0 Å². The van der Waals surface area contributed by atoms with Crippen LogP contribution < -0.4 is 11.2 Å². The minimum absolute atomic E-state index is 0.0995. The number of amides is 1. The molecular weight excluding hydrogens is 214 g/mol. The van der Waals surface area contributed by atoms with Crippen LogP contribution in [0.5, 0.6) is 0 Å². The summed E-state index contributed by atoms with van der Waals surface area (Å²) in [5, 5.41) is 1.98. The first-order valence-corrected chi connectivity index (χ1v) is 5.16. The molecule has 0 aromatic heterocycles. The quantitative estimate of drug-likeness (QED) is 0.708. The Morgan fingerprint density at radius 3 is 2.93 bits per heavy atom. The van der Waals surface area contributed by atoms with Crippen molar-refractivity contribution >= 4 is 23.2 Å². The summed E-state index contributed by atoms with van der Waals surface area (Å²) in [5.41, 5.74) is 9.59. The molecule has 1 aliphatic rings. The van der Waals surface area contributed by atoms with Gasteiger partial charge in [0.25, 0.3) is 5.91 Å². The van der Waals surface area contributed by atoms with Crippen molar-refractivity contribution in [3.63, 3.8) is 0 Å². The highest BCUT2D eigenvalue weighted by atomic mass is 35.5. The summed E-state index contributed by atoms with van der Waals surface area (Å²) in [6, 6.07) is 4.92. The summed E-state index contributed by atoms with van der Waals surface area (Å²) in [7, 11) is 0. The maximum Gasteiger partial charge on any atom is 0.269 e. The van der Waals surface area contributed by atoms with E-state index in [1.807, 2.05) is 0 Å². The molecule has 1 heterocycles. The molecule has 15 heavy (non-hydrogen) atoms. The van der Waals surface area contributed by atoms with Crippen molar-refractivity contribution in [2.75, 3.05) is 18.8 Å². The standard InChI is InChI=1S/C10H12ClN3O/c11-9-6-7(12)2-3-8(9)10(15)14-5-1-4-13-14/h2-3,6,13H,1,4-5,12H2. The molecular formula is C10H12ClN3O. The van der Waals surface area contributed by atoms with Crippen molar-refractivity contribution in [3.05, 3.63) is 28.8 Å². The molecule has 80 valence electrons. The fraction of sp³-hybridized carbons (Fsp3) is 0.300. The third kappa shape index (κ3) is 2.06. The summed E-state index contributed by atoms with van der Waals surface area (Å²) in [6.07, 6.45) is 0.971. The average Bonchev–Trinajstić information content (AvgIpc) is 2.69. The Morgan fingerprint density at radius 1 is 1.53 bits per heavy atom. The van der Waals surface area contributed by atoms with Gasteiger partial charge in [0.2, 0.25) is 0 Å². The Kier molecular flexibility index (Phi) is 2.79. The molecule has 2 rings (SSSR count). The van der Waals surface area contributed by atoms with Crippen LogP contribution in [0.4, 0.5) is 5.69 Å². The van der Waals surface area contributed by atoms with Gasteiger partial charge in [0.1, 0.15) is 0 Å². The second kappa shape index (κ2) is 4.08. The fourth-order valence-electron chi connectivity index (χ4n) is 1.55. The van der Waals surface area contributed by atoms with Crippen molar-refractivity contribution in [2.45, 2.75) is 6.42 Å². The Labute approximate surface area is 93.0 Å². The minimum atomic E-state index is -0.0995. The van der Waals surface area contributed by atoms with Crippen molar-refractivity contribution in [2.24, 2.45) is 0 Å². The molecule has 0 unspecified atom stereocenters. The first-order chi connectivity index (χ1) is 7.18. The molecule has 3 N–H and O–H groups in total. The monoisotopic (exact) mass is 225 g/mol. The van der Waals surface area contributed by atoms with Crippen LogP contribution in [0, 0.1) is 0 Å². The highest BCUT2D eigenvalue weighted by Gasteiger charge is 2.21. The van der Waals surface area contributed by atoms with Crippen LogP contribution in [0.25, 0.3) is 0 Å². The SMILES string of the molecule is Nc1ccc(C(=O)N2CCCN2)c(Cl)c1. The summed E-state index contributed by atoms with van der Waals surface area (Å²) in [5.74, 6) is -0.0995. The van der Waals surface area contributed by atoms with E-state index in [9.17, 15) is 4.79 Å². The maximum absolute atomic E-state index is 11.9. The van der Waals surface area contributed by atoms with Crippen molar-refractivity contribution < 1.29 is 4.79 Å². The van der Waals surface area contributed by atoms with E-state index in [4.69, 9.17) is 17.3 Å². The highest BCUT2D eigenvalue weighted by molar-refractivity contribution is 6.34. The van der Waals surface area contributed by atoms with Crippen LogP contribution in [-0.2, 0) is 0 Å². The number of nitrogens with zero attached hydrogens (tertiary/aromatic N) is 1. The summed E-state index contributed by atoms with van der Waals surface area (Å²) in [4.78, 5) is 11.9. The third-order valence-electron chi connectivity index (χ3n) is 2.33. The predicted octanol–water partition coefficient (Wildman–Crippen LogP) is 1.27. The molecule has 1 fully saturated rings. The Morgan fingerprint density at radius 2 is 2.33 bits per heavy atom. The van der Waals surface area contributed by atoms with Gasteiger partial charge in [0.05, 0.1) is 10.6 Å². The molecule has 1 aromatic rings.